The highest BCUT2D eigenvalue weighted by molar-refractivity contribution is 5.87. The third-order valence-corrected chi connectivity index (χ3v) is 4.35. The molecule has 2 aromatic carbocycles. The van der Waals surface area contributed by atoms with Crippen molar-refractivity contribution in [2.24, 2.45) is 0 Å². The van der Waals surface area contributed by atoms with E-state index in [4.69, 9.17) is 14.2 Å². The Morgan fingerprint density at radius 2 is 1.78 bits per heavy atom. The number of carbonyl (C=O) groups excluding carboxylic acids is 2. The summed E-state index contributed by atoms with van der Waals surface area (Å²) in [6, 6.07) is 14.2. The van der Waals surface area contributed by atoms with E-state index < -0.39 is 12.1 Å². The summed E-state index contributed by atoms with van der Waals surface area (Å²) in [5.41, 5.74) is 1.77. The number of nitrogens with zero attached hydrogens (tertiary/aromatic N) is 1. The van der Waals surface area contributed by atoms with E-state index in [1.54, 1.807) is 20.3 Å². The summed E-state index contributed by atoms with van der Waals surface area (Å²) in [5, 5.41) is 2.86. The molecule has 1 aliphatic rings. The number of cyclic esters (lactones) is 1. The van der Waals surface area contributed by atoms with Crippen molar-refractivity contribution in [3.8, 4) is 11.5 Å². The van der Waals surface area contributed by atoms with Crippen LogP contribution in [0.5, 0.6) is 11.5 Å². The molecule has 1 fully saturated rings. The van der Waals surface area contributed by atoms with Crippen molar-refractivity contribution < 1.29 is 23.8 Å². The molecule has 7 nitrogen and oxygen atoms in total. The highest BCUT2D eigenvalue weighted by Gasteiger charge is 2.37. The molecule has 2 aromatic rings. The van der Waals surface area contributed by atoms with Gasteiger partial charge in [0.05, 0.1) is 20.8 Å². The fourth-order valence-electron chi connectivity index (χ4n) is 2.90. The van der Waals surface area contributed by atoms with Gasteiger partial charge in [-0.05, 0) is 23.3 Å². The Hall–Kier alpha value is -3.22. The van der Waals surface area contributed by atoms with E-state index in [1.807, 2.05) is 42.5 Å². The van der Waals surface area contributed by atoms with Crippen molar-refractivity contribution in [2.75, 3.05) is 20.8 Å². The molecule has 0 bridgehead atoms. The van der Waals surface area contributed by atoms with E-state index in [0.717, 1.165) is 11.1 Å². The molecule has 0 aromatic heterocycles. The number of ether oxygens (including phenoxy) is 3. The molecule has 0 spiro atoms. The van der Waals surface area contributed by atoms with Gasteiger partial charge in [-0.1, -0.05) is 30.3 Å². The zero-order valence-corrected chi connectivity index (χ0v) is 15.3. The normalized spacial score (nSPS) is 16.0. The Balaban J connectivity index is 1.65. The molecule has 0 aliphatic carbocycles. The van der Waals surface area contributed by atoms with Gasteiger partial charge < -0.3 is 19.5 Å². The average Bonchev–Trinajstić information content (AvgIpc) is 3.07. The first-order chi connectivity index (χ1) is 13.1. The number of amides is 2. The minimum atomic E-state index is -0.662. The summed E-state index contributed by atoms with van der Waals surface area (Å²) in [5.74, 6) is 1.02. The largest absolute Gasteiger partial charge is 0.497 e. The Bertz CT molecular complexity index is 787. The predicted molar refractivity (Wildman–Crippen MR) is 98.5 cm³/mol. The quantitative estimate of drug-likeness (QED) is 0.810. The van der Waals surface area contributed by atoms with Gasteiger partial charge in [0.25, 0.3) is 0 Å². The maximum absolute atomic E-state index is 12.6. The van der Waals surface area contributed by atoms with Crippen molar-refractivity contribution in [3.63, 3.8) is 0 Å². The van der Waals surface area contributed by atoms with Crippen molar-refractivity contribution in [2.45, 2.75) is 19.1 Å². The van der Waals surface area contributed by atoms with Gasteiger partial charge in [0.15, 0.2) is 0 Å². The Labute approximate surface area is 157 Å². The number of hydrogen-bond donors (Lipinski definition) is 1. The number of rotatable bonds is 7. The molecule has 0 saturated carbocycles. The minimum absolute atomic E-state index is 0.0406. The molecular formula is C20H22N2O5. The third kappa shape index (κ3) is 4.49. The van der Waals surface area contributed by atoms with Crippen molar-refractivity contribution in [1.82, 2.24) is 10.2 Å². The molecule has 1 N–H and O–H groups in total. The highest BCUT2D eigenvalue weighted by atomic mass is 16.6. The molecule has 0 radical (unpaired) electrons. The lowest BCUT2D eigenvalue weighted by Crippen LogP contribution is -2.45. The van der Waals surface area contributed by atoms with Gasteiger partial charge in [-0.15, -0.1) is 0 Å². The van der Waals surface area contributed by atoms with Crippen LogP contribution in [0.1, 0.15) is 11.1 Å². The number of nitrogens with one attached hydrogen (secondary N) is 1. The zero-order valence-electron chi connectivity index (χ0n) is 15.3. The van der Waals surface area contributed by atoms with Gasteiger partial charge in [-0.3, -0.25) is 9.69 Å². The number of benzene rings is 2. The molecule has 142 valence electrons. The van der Waals surface area contributed by atoms with Gasteiger partial charge in [0, 0.05) is 12.6 Å². The first kappa shape index (κ1) is 18.6. The fraction of sp³-hybridized carbons (Fsp3) is 0.300. The second-order valence-electron chi connectivity index (χ2n) is 6.14. The molecule has 1 aliphatic heterocycles. The summed E-state index contributed by atoms with van der Waals surface area (Å²) >= 11 is 0. The van der Waals surface area contributed by atoms with Gasteiger partial charge in [-0.25, -0.2) is 4.79 Å². The molecule has 1 saturated heterocycles. The first-order valence-electron chi connectivity index (χ1n) is 8.57. The fourth-order valence-corrected chi connectivity index (χ4v) is 2.90. The highest BCUT2D eigenvalue weighted by Crippen LogP contribution is 2.22. The summed E-state index contributed by atoms with van der Waals surface area (Å²) in [4.78, 5) is 26.1. The van der Waals surface area contributed by atoms with Crippen LogP contribution in [0.4, 0.5) is 4.79 Å². The molecule has 2 amide bonds. The zero-order chi connectivity index (χ0) is 19.2. The number of carbonyl (C=O) groups is 2. The predicted octanol–water partition coefficient (Wildman–Crippen LogP) is 2.34. The number of methoxy groups -OCH3 is 2. The van der Waals surface area contributed by atoms with Crippen LogP contribution in [0.25, 0.3) is 0 Å². The lowest BCUT2D eigenvalue weighted by molar-refractivity contribution is -0.125. The summed E-state index contributed by atoms with van der Waals surface area (Å²) in [6.45, 7) is 0.653. The molecule has 0 unspecified atom stereocenters. The SMILES string of the molecule is COc1cc(CNC(=O)[C@@H]2COC(=O)N2Cc2ccccc2)cc(OC)c1. The van der Waals surface area contributed by atoms with Crippen molar-refractivity contribution in [1.29, 1.82) is 0 Å². The van der Waals surface area contributed by atoms with E-state index in [9.17, 15) is 9.59 Å². The molecule has 27 heavy (non-hydrogen) atoms. The summed E-state index contributed by atoms with van der Waals surface area (Å²) in [7, 11) is 3.14. The van der Waals surface area contributed by atoms with Gasteiger partial charge in [0.2, 0.25) is 5.91 Å². The molecule has 1 atom stereocenters. The van der Waals surface area contributed by atoms with E-state index in [2.05, 4.69) is 5.32 Å². The topological polar surface area (TPSA) is 77.1 Å². The average molecular weight is 370 g/mol. The van der Waals surface area contributed by atoms with Crippen LogP contribution in [0.15, 0.2) is 48.5 Å². The Morgan fingerprint density at radius 3 is 2.41 bits per heavy atom. The summed E-state index contributed by atoms with van der Waals surface area (Å²) < 4.78 is 15.6. The van der Waals surface area contributed by atoms with Crippen LogP contribution in [0.3, 0.4) is 0 Å². The van der Waals surface area contributed by atoms with Crippen LogP contribution in [-0.2, 0) is 22.6 Å². The van der Waals surface area contributed by atoms with Crippen LogP contribution in [0, 0.1) is 0 Å². The van der Waals surface area contributed by atoms with Gasteiger partial charge in [-0.2, -0.15) is 0 Å². The van der Waals surface area contributed by atoms with Crippen LogP contribution < -0.4 is 14.8 Å². The second kappa shape index (κ2) is 8.44. The van der Waals surface area contributed by atoms with E-state index in [-0.39, 0.29) is 19.1 Å². The third-order valence-electron chi connectivity index (χ3n) is 4.35. The maximum Gasteiger partial charge on any atom is 0.410 e. The van der Waals surface area contributed by atoms with Crippen LogP contribution in [-0.4, -0.2) is 43.8 Å². The van der Waals surface area contributed by atoms with E-state index in [1.165, 1.54) is 4.90 Å². The van der Waals surface area contributed by atoms with Crippen LogP contribution >= 0.6 is 0 Å². The second-order valence-corrected chi connectivity index (χ2v) is 6.14. The monoisotopic (exact) mass is 370 g/mol. The summed E-state index contributed by atoms with van der Waals surface area (Å²) in [6.07, 6.45) is -0.484. The Kier molecular flexibility index (Phi) is 5.80. The molecular weight excluding hydrogens is 348 g/mol. The lowest BCUT2D eigenvalue weighted by atomic mass is 10.1. The molecule has 1 heterocycles. The van der Waals surface area contributed by atoms with E-state index in [0.29, 0.717) is 18.0 Å². The van der Waals surface area contributed by atoms with Crippen LogP contribution in [0.2, 0.25) is 0 Å². The first-order valence-corrected chi connectivity index (χ1v) is 8.57. The number of hydrogen-bond acceptors (Lipinski definition) is 5. The van der Waals surface area contributed by atoms with E-state index >= 15 is 0 Å². The molecule has 7 heteroatoms. The minimum Gasteiger partial charge on any atom is -0.497 e. The van der Waals surface area contributed by atoms with Gasteiger partial charge >= 0.3 is 6.09 Å². The molecule has 3 rings (SSSR count). The van der Waals surface area contributed by atoms with Gasteiger partial charge in [0.1, 0.15) is 24.1 Å². The lowest BCUT2D eigenvalue weighted by Gasteiger charge is -2.21. The Morgan fingerprint density at radius 1 is 1.11 bits per heavy atom. The van der Waals surface area contributed by atoms with Crippen molar-refractivity contribution in [3.05, 3.63) is 59.7 Å². The standard InChI is InChI=1S/C20H22N2O5/c1-25-16-8-15(9-17(10-16)26-2)11-21-19(23)18-13-27-20(24)22(18)12-14-6-4-3-5-7-14/h3-10,18H,11-13H2,1-2H3,(H,21,23)/t18-/m0/s1. The maximum atomic E-state index is 12.6. The smallest absolute Gasteiger partial charge is 0.410 e. The van der Waals surface area contributed by atoms with Crippen molar-refractivity contribution >= 4 is 12.0 Å².